The molecular weight excluding hydrogens is 240 g/mol. The van der Waals surface area contributed by atoms with Gasteiger partial charge in [0.05, 0.1) is 16.9 Å². The molecule has 0 aliphatic rings. The fourth-order valence-corrected chi connectivity index (χ4v) is 1.93. The Morgan fingerprint density at radius 2 is 2.21 bits per heavy atom. The highest BCUT2D eigenvalue weighted by molar-refractivity contribution is 5.98. The van der Waals surface area contributed by atoms with Crippen LogP contribution < -0.4 is 16.4 Å². The van der Waals surface area contributed by atoms with Crippen LogP contribution in [0.5, 0.6) is 0 Å². The minimum absolute atomic E-state index is 0.0480. The van der Waals surface area contributed by atoms with Crippen molar-refractivity contribution in [3.8, 4) is 0 Å². The summed E-state index contributed by atoms with van der Waals surface area (Å²) in [6, 6.07) is 7.16. The third-order valence-corrected chi connectivity index (χ3v) is 2.94. The van der Waals surface area contributed by atoms with Crippen molar-refractivity contribution in [2.45, 2.75) is 19.9 Å². The predicted octanol–water partition coefficient (Wildman–Crippen LogP) is 1.75. The predicted molar refractivity (Wildman–Crippen MR) is 77.9 cm³/mol. The maximum absolute atomic E-state index is 11.7. The van der Waals surface area contributed by atoms with E-state index in [0.29, 0.717) is 12.2 Å². The number of hydrogen-bond donors (Lipinski definition) is 3. The van der Waals surface area contributed by atoms with Gasteiger partial charge >= 0.3 is 0 Å². The number of nitrogens with zero attached hydrogens (tertiary/aromatic N) is 1. The summed E-state index contributed by atoms with van der Waals surface area (Å²) in [7, 11) is 0. The van der Waals surface area contributed by atoms with Gasteiger partial charge in [-0.05, 0) is 38.1 Å². The molecule has 2 rings (SSSR count). The van der Waals surface area contributed by atoms with Crippen LogP contribution in [-0.2, 0) is 4.79 Å². The molecule has 1 atom stereocenters. The van der Waals surface area contributed by atoms with E-state index in [9.17, 15) is 4.79 Å². The number of fused-ring (bicyclic) bond motifs is 1. The minimum atomic E-state index is -0.337. The van der Waals surface area contributed by atoms with Crippen LogP contribution in [0.15, 0.2) is 30.5 Å². The van der Waals surface area contributed by atoms with Crippen molar-refractivity contribution >= 4 is 28.2 Å². The second-order valence-corrected chi connectivity index (χ2v) is 4.36. The minimum Gasteiger partial charge on any atom is -0.397 e. The molecule has 1 heterocycles. The second-order valence-electron chi connectivity index (χ2n) is 4.36. The standard InChI is InChI=1S/C14H18N4O/c1-3-16-14(19)9(2)18-12-7-6-11-10(13(12)15)5-4-8-17-11/h4-9,18H,3,15H2,1-2H3,(H,16,19). The van der Waals surface area contributed by atoms with Crippen molar-refractivity contribution in [3.05, 3.63) is 30.5 Å². The lowest BCUT2D eigenvalue weighted by Gasteiger charge is -2.17. The van der Waals surface area contributed by atoms with E-state index in [0.717, 1.165) is 16.6 Å². The number of nitrogens with two attached hydrogens (primary N) is 1. The number of benzene rings is 1. The van der Waals surface area contributed by atoms with Gasteiger partial charge in [0.15, 0.2) is 0 Å². The molecule has 4 N–H and O–H groups in total. The van der Waals surface area contributed by atoms with Crippen molar-refractivity contribution in [2.24, 2.45) is 0 Å². The van der Waals surface area contributed by atoms with Gasteiger partial charge in [0.2, 0.25) is 5.91 Å². The molecule has 100 valence electrons. The Kier molecular flexibility index (Phi) is 3.85. The fourth-order valence-electron chi connectivity index (χ4n) is 1.93. The van der Waals surface area contributed by atoms with Crippen molar-refractivity contribution in [1.29, 1.82) is 0 Å². The van der Waals surface area contributed by atoms with E-state index in [2.05, 4.69) is 15.6 Å². The molecule has 0 saturated heterocycles. The number of likely N-dealkylation sites (N-methyl/N-ethyl adjacent to an activating group) is 1. The van der Waals surface area contributed by atoms with Gasteiger partial charge in [-0.15, -0.1) is 0 Å². The highest BCUT2D eigenvalue weighted by Crippen LogP contribution is 2.27. The molecule has 1 unspecified atom stereocenters. The van der Waals surface area contributed by atoms with Crippen molar-refractivity contribution < 1.29 is 4.79 Å². The van der Waals surface area contributed by atoms with E-state index in [1.807, 2.05) is 31.2 Å². The smallest absolute Gasteiger partial charge is 0.242 e. The number of nitrogens with one attached hydrogen (secondary N) is 2. The highest BCUT2D eigenvalue weighted by atomic mass is 16.2. The first-order chi connectivity index (χ1) is 9.13. The summed E-state index contributed by atoms with van der Waals surface area (Å²) in [6.45, 7) is 4.31. The Morgan fingerprint density at radius 3 is 2.95 bits per heavy atom. The van der Waals surface area contributed by atoms with Gasteiger partial charge in [-0.2, -0.15) is 0 Å². The zero-order valence-electron chi connectivity index (χ0n) is 11.1. The molecule has 0 saturated carbocycles. The van der Waals surface area contributed by atoms with E-state index >= 15 is 0 Å². The number of carbonyl (C=O) groups is 1. The zero-order chi connectivity index (χ0) is 13.8. The zero-order valence-corrected chi connectivity index (χ0v) is 11.1. The van der Waals surface area contributed by atoms with Gasteiger partial charge in [-0.1, -0.05) is 0 Å². The number of amides is 1. The topological polar surface area (TPSA) is 80.0 Å². The average molecular weight is 258 g/mol. The maximum atomic E-state index is 11.7. The summed E-state index contributed by atoms with van der Waals surface area (Å²) < 4.78 is 0. The molecule has 5 heteroatoms. The van der Waals surface area contributed by atoms with Crippen molar-refractivity contribution in [2.75, 3.05) is 17.6 Å². The molecule has 5 nitrogen and oxygen atoms in total. The summed E-state index contributed by atoms with van der Waals surface area (Å²) in [4.78, 5) is 15.9. The number of aromatic nitrogens is 1. The lowest BCUT2D eigenvalue weighted by atomic mass is 10.1. The van der Waals surface area contributed by atoms with Gasteiger partial charge < -0.3 is 16.4 Å². The molecule has 1 aromatic carbocycles. The number of rotatable bonds is 4. The molecule has 0 fully saturated rings. The summed E-state index contributed by atoms with van der Waals surface area (Å²) in [5.41, 5.74) is 8.31. The number of nitrogen functional groups attached to an aromatic ring is 1. The maximum Gasteiger partial charge on any atom is 0.242 e. The molecule has 0 spiro atoms. The normalized spacial score (nSPS) is 12.1. The molecular formula is C14H18N4O. The summed E-state index contributed by atoms with van der Waals surface area (Å²) in [6.07, 6.45) is 1.73. The molecule has 2 aromatic rings. The quantitative estimate of drug-likeness (QED) is 0.730. The van der Waals surface area contributed by atoms with E-state index < -0.39 is 0 Å². The van der Waals surface area contributed by atoms with Crippen molar-refractivity contribution in [3.63, 3.8) is 0 Å². The van der Waals surface area contributed by atoms with Gasteiger partial charge in [0.1, 0.15) is 6.04 Å². The molecule has 0 bridgehead atoms. The molecule has 1 amide bonds. The lowest BCUT2D eigenvalue weighted by Crippen LogP contribution is -2.37. The number of pyridine rings is 1. The van der Waals surface area contributed by atoms with E-state index in [-0.39, 0.29) is 11.9 Å². The van der Waals surface area contributed by atoms with E-state index in [4.69, 9.17) is 5.73 Å². The summed E-state index contributed by atoms with van der Waals surface area (Å²) in [5, 5.41) is 6.77. The van der Waals surface area contributed by atoms with Crippen molar-refractivity contribution in [1.82, 2.24) is 10.3 Å². The molecule has 0 radical (unpaired) electrons. The summed E-state index contributed by atoms with van der Waals surface area (Å²) >= 11 is 0. The molecule has 1 aromatic heterocycles. The largest absolute Gasteiger partial charge is 0.397 e. The van der Waals surface area contributed by atoms with Gasteiger partial charge in [0.25, 0.3) is 0 Å². The van der Waals surface area contributed by atoms with Crippen LogP contribution in [0, 0.1) is 0 Å². The number of hydrogen-bond acceptors (Lipinski definition) is 4. The van der Waals surface area contributed by atoms with Crippen LogP contribution in [0.4, 0.5) is 11.4 Å². The Bertz CT molecular complexity index is 597. The van der Waals surface area contributed by atoms with Crippen LogP contribution in [0.25, 0.3) is 10.9 Å². The van der Waals surface area contributed by atoms with Gasteiger partial charge in [-0.3, -0.25) is 9.78 Å². The monoisotopic (exact) mass is 258 g/mol. The lowest BCUT2D eigenvalue weighted by molar-refractivity contribution is -0.121. The molecule has 0 aliphatic carbocycles. The Labute approximate surface area is 112 Å². The van der Waals surface area contributed by atoms with E-state index in [1.165, 1.54) is 0 Å². The number of carbonyl (C=O) groups excluding carboxylic acids is 1. The van der Waals surface area contributed by atoms with Gasteiger partial charge in [-0.25, -0.2) is 0 Å². The van der Waals surface area contributed by atoms with E-state index in [1.54, 1.807) is 13.1 Å². The third kappa shape index (κ3) is 2.76. The Hall–Kier alpha value is -2.30. The first kappa shape index (κ1) is 13.1. The van der Waals surface area contributed by atoms with Crippen LogP contribution in [-0.4, -0.2) is 23.5 Å². The average Bonchev–Trinajstić information content (AvgIpc) is 2.42. The first-order valence-corrected chi connectivity index (χ1v) is 6.31. The first-order valence-electron chi connectivity index (χ1n) is 6.31. The fraction of sp³-hybridized carbons (Fsp3) is 0.286. The highest BCUT2D eigenvalue weighted by Gasteiger charge is 2.13. The Balaban J connectivity index is 2.26. The van der Waals surface area contributed by atoms with Crippen LogP contribution in [0.2, 0.25) is 0 Å². The molecule has 0 aliphatic heterocycles. The Morgan fingerprint density at radius 1 is 1.42 bits per heavy atom. The summed E-state index contributed by atoms with van der Waals surface area (Å²) in [5.74, 6) is -0.0480. The van der Waals surface area contributed by atoms with Gasteiger partial charge in [0, 0.05) is 18.1 Å². The SMILES string of the molecule is CCNC(=O)C(C)Nc1ccc2ncccc2c1N. The second kappa shape index (κ2) is 5.56. The van der Waals surface area contributed by atoms with Crippen LogP contribution in [0.1, 0.15) is 13.8 Å². The van der Waals surface area contributed by atoms with Crippen LogP contribution in [0.3, 0.4) is 0 Å². The third-order valence-electron chi connectivity index (χ3n) is 2.94. The van der Waals surface area contributed by atoms with Crippen LogP contribution >= 0.6 is 0 Å². The number of anilines is 2. The molecule has 19 heavy (non-hydrogen) atoms.